The lowest BCUT2D eigenvalue weighted by molar-refractivity contribution is -0.155. The second-order valence-corrected chi connectivity index (χ2v) is 8.14. The molecule has 1 aliphatic heterocycles. The first-order valence-corrected chi connectivity index (χ1v) is 8.93. The maximum absolute atomic E-state index is 12.0. The average molecular weight is 326 g/mol. The zero-order valence-corrected chi connectivity index (χ0v) is 12.8. The number of thioether (sulfide) groups is 1. The molecule has 0 spiro atoms. The predicted molar refractivity (Wildman–Crippen MR) is 74.3 cm³/mol. The van der Waals surface area contributed by atoms with Crippen molar-refractivity contribution in [3.63, 3.8) is 0 Å². The largest absolute Gasteiger partial charge is 0.479 e. The molecule has 0 radical (unpaired) electrons. The molecule has 116 valence electrons. The fourth-order valence-corrected chi connectivity index (χ4v) is 4.41. The van der Waals surface area contributed by atoms with Crippen LogP contribution in [-0.4, -0.2) is 77.4 Å². The van der Waals surface area contributed by atoms with E-state index >= 15 is 0 Å². The number of aliphatic hydroxyl groups is 1. The van der Waals surface area contributed by atoms with E-state index in [1.54, 1.807) is 0 Å². The molecular weight excluding hydrogens is 308 g/mol. The summed E-state index contributed by atoms with van der Waals surface area (Å²) in [4.78, 5) is 23.8. The van der Waals surface area contributed by atoms with Crippen LogP contribution in [0.5, 0.6) is 0 Å². The van der Waals surface area contributed by atoms with E-state index in [1.807, 2.05) is 0 Å². The molecule has 0 aliphatic carbocycles. The Labute approximate surface area is 121 Å². The van der Waals surface area contributed by atoms with Gasteiger partial charge in [-0.3, -0.25) is 0 Å². The van der Waals surface area contributed by atoms with Crippen molar-refractivity contribution in [2.75, 3.05) is 30.9 Å². The number of sulfone groups is 1. The van der Waals surface area contributed by atoms with Crippen LogP contribution in [0.3, 0.4) is 0 Å². The molecule has 1 heterocycles. The van der Waals surface area contributed by atoms with Crippen molar-refractivity contribution in [2.24, 2.45) is 0 Å². The molecule has 1 fully saturated rings. The van der Waals surface area contributed by atoms with E-state index in [1.165, 1.54) is 11.8 Å². The van der Waals surface area contributed by atoms with Gasteiger partial charge < -0.3 is 20.4 Å². The van der Waals surface area contributed by atoms with Crippen LogP contribution in [0.1, 0.15) is 6.92 Å². The topological polar surface area (TPSA) is 124 Å². The van der Waals surface area contributed by atoms with Crippen LogP contribution < -0.4 is 5.32 Å². The lowest BCUT2D eigenvalue weighted by atomic mass is 10.1. The SMILES string of the molecule is CC(O)(CNC(=O)N1CCSCC1S(C)(=O)=O)C(=O)O. The second kappa shape index (κ2) is 6.19. The number of aliphatic carboxylic acids is 1. The van der Waals surface area contributed by atoms with Gasteiger partial charge >= 0.3 is 12.0 Å². The third kappa shape index (κ3) is 4.25. The third-order valence-corrected chi connectivity index (χ3v) is 5.53. The van der Waals surface area contributed by atoms with Gasteiger partial charge in [0.25, 0.3) is 0 Å². The molecule has 0 aromatic rings. The summed E-state index contributed by atoms with van der Waals surface area (Å²) in [6, 6.07) is -0.692. The highest BCUT2D eigenvalue weighted by Gasteiger charge is 2.36. The molecule has 1 rings (SSSR count). The summed E-state index contributed by atoms with van der Waals surface area (Å²) in [7, 11) is -3.42. The van der Waals surface area contributed by atoms with Gasteiger partial charge in [0.1, 0.15) is 5.37 Å². The Morgan fingerprint density at radius 1 is 1.50 bits per heavy atom. The van der Waals surface area contributed by atoms with Crippen LogP contribution in [0.4, 0.5) is 4.79 Å². The number of rotatable bonds is 4. The van der Waals surface area contributed by atoms with Crippen molar-refractivity contribution in [1.82, 2.24) is 10.2 Å². The molecule has 10 heteroatoms. The van der Waals surface area contributed by atoms with E-state index in [2.05, 4.69) is 5.32 Å². The zero-order valence-electron chi connectivity index (χ0n) is 11.2. The maximum atomic E-state index is 12.0. The Kier molecular flexibility index (Phi) is 5.27. The average Bonchev–Trinajstić information content (AvgIpc) is 2.35. The Bertz CT molecular complexity index is 490. The maximum Gasteiger partial charge on any atom is 0.337 e. The fraction of sp³-hybridized carbons (Fsp3) is 0.800. The van der Waals surface area contributed by atoms with Gasteiger partial charge in [-0.1, -0.05) is 0 Å². The first-order valence-electron chi connectivity index (χ1n) is 5.82. The molecule has 2 atom stereocenters. The van der Waals surface area contributed by atoms with E-state index in [0.29, 0.717) is 5.75 Å². The van der Waals surface area contributed by atoms with E-state index in [9.17, 15) is 23.1 Å². The van der Waals surface area contributed by atoms with Gasteiger partial charge in [0.05, 0.1) is 6.54 Å². The van der Waals surface area contributed by atoms with Crippen LogP contribution in [0.25, 0.3) is 0 Å². The number of carbonyl (C=O) groups is 2. The summed E-state index contributed by atoms with van der Waals surface area (Å²) in [5, 5.41) is 19.6. The minimum Gasteiger partial charge on any atom is -0.479 e. The lowest BCUT2D eigenvalue weighted by Gasteiger charge is -2.34. The van der Waals surface area contributed by atoms with Crippen LogP contribution in [0.15, 0.2) is 0 Å². The number of nitrogens with zero attached hydrogens (tertiary/aromatic N) is 1. The van der Waals surface area contributed by atoms with Crippen LogP contribution in [-0.2, 0) is 14.6 Å². The summed E-state index contributed by atoms with van der Waals surface area (Å²) in [5.74, 6) is -0.581. The molecule has 20 heavy (non-hydrogen) atoms. The van der Waals surface area contributed by atoms with Crippen molar-refractivity contribution in [3.05, 3.63) is 0 Å². The predicted octanol–water partition coefficient (Wildman–Crippen LogP) is -1.05. The molecule has 1 saturated heterocycles. The number of nitrogens with one attached hydrogen (secondary N) is 1. The van der Waals surface area contributed by atoms with Gasteiger partial charge in [-0.15, -0.1) is 0 Å². The molecule has 0 saturated carbocycles. The van der Waals surface area contributed by atoms with Crippen molar-refractivity contribution in [1.29, 1.82) is 0 Å². The van der Waals surface area contributed by atoms with Gasteiger partial charge in [-0.2, -0.15) is 11.8 Å². The monoisotopic (exact) mass is 326 g/mol. The van der Waals surface area contributed by atoms with Crippen molar-refractivity contribution < 1.29 is 28.2 Å². The quantitative estimate of drug-likeness (QED) is 0.602. The van der Waals surface area contributed by atoms with Crippen molar-refractivity contribution >= 4 is 33.6 Å². The highest BCUT2D eigenvalue weighted by molar-refractivity contribution is 8.00. The Balaban J connectivity index is 2.72. The van der Waals surface area contributed by atoms with Gasteiger partial charge in [-0.25, -0.2) is 18.0 Å². The first-order chi connectivity index (χ1) is 9.05. The molecule has 0 aromatic heterocycles. The zero-order chi connectivity index (χ0) is 15.6. The standard InChI is InChI=1S/C10H18N2O6S2/c1-10(16,8(13)14)6-11-9(15)12-3-4-19-5-7(12)20(2,17)18/h7,16H,3-6H2,1-2H3,(H,11,15)(H,13,14). The molecule has 2 unspecified atom stereocenters. The lowest BCUT2D eigenvalue weighted by Crippen LogP contribution is -2.56. The van der Waals surface area contributed by atoms with Gasteiger partial charge in [0.2, 0.25) is 0 Å². The molecule has 8 nitrogen and oxygen atoms in total. The Morgan fingerprint density at radius 2 is 2.10 bits per heavy atom. The number of carbonyl (C=O) groups excluding carboxylic acids is 1. The molecule has 0 bridgehead atoms. The smallest absolute Gasteiger partial charge is 0.337 e. The molecule has 0 aromatic carbocycles. The highest BCUT2D eigenvalue weighted by Crippen LogP contribution is 2.20. The number of amides is 2. The number of carboxylic acids is 1. The van der Waals surface area contributed by atoms with Gasteiger partial charge in [0.15, 0.2) is 15.4 Å². The Morgan fingerprint density at radius 3 is 2.60 bits per heavy atom. The minimum absolute atomic E-state index is 0.253. The molecule has 1 aliphatic rings. The van der Waals surface area contributed by atoms with E-state index in [4.69, 9.17) is 5.11 Å². The third-order valence-electron chi connectivity index (χ3n) is 2.88. The summed E-state index contributed by atoms with van der Waals surface area (Å²) in [6.45, 7) is 0.806. The first kappa shape index (κ1) is 17.1. The molecule has 2 amide bonds. The number of hydrogen-bond donors (Lipinski definition) is 3. The summed E-state index contributed by atoms with van der Waals surface area (Å²) in [5.41, 5.74) is -2.10. The van der Waals surface area contributed by atoms with E-state index < -0.39 is 39.4 Å². The summed E-state index contributed by atoms with van der Waals surface area (Å²) < 4.78 is 23.3. The number of carboxylic acid groups (broad SMARTS) is 1. The molecular formula is C10H18N2O6S2. The minimum atomic E-state index is -3.42. The van der Waals surface area contributed by atoms with E-state index in [-0.39, 0.29) is 12.3 Å². The van der Waals surface area contributed by atoms with Crippen molar-refractivity contribution in [2.45, 2.75) is 17.9 Å². The van der Waals surface area contributed by atoms with E-state index in [0.717, 1.165) is 18.1 Å². The van der Waals surface area contributed by atoms with Crippen LogP contribution >= 0.6 is 11.8 Å². The summed E-state index contributed by atoms with van der Waals surface area (Å²) in [6.07, 6.45) is 1.05. The van der Waals surface area contributed by atoms with Crippen LogP contribution in [0.2, 0.25) is 0 Å². The number of hydrogen-bond acceptors (Lipinski definition) is 6. The fourth-order valence-electron chi connectivity index (χ4n) is 1.59. The van der Waals surface area contributed by atoms with Crippen molar-refractivity contribution in [3.8, 4) is 0 Å². The highest BCUT2D eigenvalue weighted by atomic mass is 32.2. The van der Waals surface area contributed by atoms with Crippen LogP contribution in [0, 0.1) is 0 Å². The van der Waals surface area contributed by atoms with Gasteiger partial charge in [-0.05, 0) is 6.92 Å². The normalized spacial score (nSPS) is 22.9. The van der Waals surface area contributed by atoms with Gasteiger partial charge in [0, 0.05) is 24.3 Å². The number of urea groups is 1. The molecule has 3 N–H and O–H groups in total. The summed E-state index contributed by atoms with van der Waals surface area (Å²) >= 11 is 1.44. The second-order valence-electron chi connectivity index (χ2n) is 4.79. The Hall–Kier alpha value is -1.00.